The maximum atomic E-state index is 15.4. The Morgan fingerprint density at radius 1 is 1.02 bits per heavy atom. The van der Waals surface area contributed by atoms with Crippen molar-refractivity contribution in [1.82, 2.24) is 19.8 Å². The van der Waals surface area contributed by atoms with Gasteiger partial charge in [-0.2, -0.15) is 4.31 Å². The van der Waals surface area contributed by atoms with Gasteiger partial charge in [0.05, 0.1) is 50.6 Å². The van der Waals surface area contributed by atoms with E-state index in [0.29, 0.717) is 47.5 Å². The van der Waals surface area contributed by atoms with Crippen LogP contribution in [0.4, 0.5) is 15.8 Å². The summed E-state index contributed by atoms with van der Waals surface area (Å²) in [6, 6.07) is 10.7. The van der Waals surface area contributed by atoms with Gasteiger partial charge in [-0.1, -0.05) is 6.07 Å². The molecule has 9 nitrogen and oxygen atoms in total. The molecule has 1 aromatic carbocycles. The normalized spacial score (nSPS) is 17.7. The molecule has 0 aliphatic carbocycles. The topological polar surface area (TPSA) is 80.3 Å². The molecule has 2 fully saturated rings. The van der Waals surface area contributed by atoms with Crippen LogP contribution in [-0.4, -0.2) is 96.5 Å². The third-order valence-corrected chi connectivity index (χ3v) is 9.33. The molecule has 11 heteroatoms. The lowest BCUT2D eigenvalue weighted by atomic mass is 10.0. The van der Waals surface area contributed by atoms with Crippen molar-refractivity contribution in [2.75, 3.05) is 75.8 Å². The van der Waals surface area contributed by atoms with E-state index in [0.717, 1.165) is 50.5 Å². The fourth-order valence-electron chi connectivity index (χ4n) is 5.40. The number of ether oxygens (including phenoxy) is 2. The van der Waals surface area contributed by atoms with Gasteiger partial charge in [-0.05, 0) is 50.6 Å². The summed E-state index contributed by atoms with van der Waals surface area (Å²) in [5, 5.41) is 0. The van der Waals surface area contributed by atoms with Crippen LogP contribution in [0.15, 0.2) is 53.7 Å². The zero-order valence-electron chi connectivity index (χ0n) is 25.2. The Morgan fingerprint density at radius 2 is 1.76 bits per heavy atom. The summed E-state index contributed by atoms with van der Waals surface area (Å²) in [6.07, 6.45) is 3.34. The Hall–Kier alpha value is -2.96. The lowest BCUT2D eigenvalue weighted by molar-refractivity contribution is 0.0591. The zero-order chi connectivity index (χ0) is 29.9. The first-order valence-electron chi connectivity index (χ1n) is 14.4. The molecule has 3 aromatic rings. The molecule has 2 aromatic heterocycles. The van der Waals surface area contributed by atoms with Gasteiger partial charge < -0.3 is 18.9 Å². The monoisotopic (exact) mass is 596 g/mol. The van der Waals surface area contributed by atoms with Crippen LogP contribution >= 0.6 is 0 Å². The summed E-state index contributed by atoms with van der Waals surface area (Å²) < 4.78 is 41.7. The summed E-state index contributed by atoms with van der Waals surface area (Å²) in [5.74, 6) is -0.0220. The molecule has 2 aliphatic rings. The molecule has 2 saturated heterocycles. The molecule has 2 aliphatic heterocycles. The van der Waals surface area contributed by atoms with E-state index in [9.17, 15) is 4.55 Å². The Balaban J connectivity index is 1.30. The van der Waals surface area contributed by atoms with E-state index >= 15 is 4.39 Å². The van der Waals surface area contributed by atoms with E-state index in [2.05, 4.69) is 45.4 Å². The van der Waals surface area contributed by atoms with Gasteiger partial charge >= 0.3 is 0 Å². The van der Waals surface area contributed by atoms with Gasteiger partial charge in [-0.15, -0.1) is 0 Å². The number of anilines is 2. The van der Waals surface area contributed by atoms with Crippen LogP contribution in [0.5, 0.6) is 5.88 Å². The van der Waals surface area contributed by atoms with Gasteiger partial charge in [0, 0.05) is 69.2 Å². The molecular formula is C31H41FN6O3S. The molecule has 0 spiro atoms. The standard InChI is InChI=1S/C31H41FN6O3S/c1-31(2,3)38-12-10-36(11-13-38)22-23-6-7-26(27(32)18-23)28-19-24(8-9-33-28)35(4)42(39)29-20-25(21-34-30(29)40-5)37-14-16-41-17-15-37/h6-9,18-21H,10-17,22H2,1-5H3. The van der Waals surface area contributed by atoms with Gasteiger partial charge in [0.1, 0.15) is 17.2 Å². The molecule has 1 unspecified atom stereocenters. The van der Waals surface area contributed by atoms with Crippen molar-refractivity contribution >= 4 is 22.7 Å². The summed E-state index contributed by atoms with van der Waals surface area (Å²) in [5.41, 5.74) is 3.49. The number of aromatic nitrogens is 2. The second-order valence-corrected chi connectivity index (χ2v) is 13.2. The number of benzene rings is 1. The van der Waals surface area contributed by atoms with Gasteiger partial charge in [0.25, 0.3) is 5.88 Å². The average Bonchev–Trinajstić information content (AvgIpc) is 3.00. The highest BCUT2D eigenvalue weighted by atomic mass is 32.2. The SMILES string of the molecule is COc1ncc(N2CCOCC2)cc1[S+]([O-])N(C)c1ccnc(-c2ccc(CN3CCN(C(C)(C)C)CC3)cc2F)c1. The van der Waals surface area contributed by atoms with E-state index in [4.69, 9.17) is 9.47 Å². The van der Waals surface area contributed by atoms with E-state index < -0.39 is 11.4 Å². The number of methoxy groups -OCH3 is 1. The van der Waals surface area contributed by atoms with Crippen LogP contribution in [0, 0.1) is 5.82 Å². The lowest BCUT2D eigenvalue weighted by Crippen LogP contribution is -2.53. The first kappa shape index (κ1) is 30.5. The van der Waals surface area contributed by atoms with Crippen molar-refractivity contribution in [1.29, 1.82) is 0 Å². The minimum absolute atomic E-state index is 0.165. The third kappa shape index (κ3) is 6.98. The minimum Gasteiger partial charge on any atom is -0.588 e. The molecule has 0 amide bonds. The number of hydrogen-bond acceptors (Lipinski definition) is 9. The second-order valence-electron chi connectivity index (χ2n) is 11.7. The predicted molar refractivity (Wildman–Crippen MR) is 165 cm³/mol. The van der Waals surface area contributed by atoms with Crippen molar-refractivity contribution < 1.29 is 18.4 Å². The molecular weight excluding hydrogens is 555 g/mol. The first-order valence-corrected chi connectivity index (χ1v) is 15.5. The van der Waals surface area contributed by atoms with Gasteiger partial charge in [0.15, 0.2) is 0 Å². The number of nitrogens with zero attached hydrogens (tertiary/aromatic N) is 6. The quantitative estimate of drug-likeness (QED) is 0.356. The smallest absolute Gasteiger partial charge is 0.273 e. The molecule has 42 heavy (non-hydrogen) atoms. The number of rotatable bonds is 8. The third-order valence-electron chi connectivity index (χ3n) is 7.95. The minimum atomic E-state index is -1.63. The molecule has 4 heterocycles. The fraction of sp³-hybridized carbons (Fsp3) is 0.484. The second kappa shape index (κ2) is 13.1. The van der Waals surface area contributed by atoms with Gasteiger partial charge in [-0.3, -0.25) is 14.8 Å². The summed E-state index contributed by atoms with van der Waals surface area (Å²) >= 11 is -1.63. The van der Waals surface area contributed by atoms with Crippen LogP contribution in [-0.2, 0) is 22.6 Å². The molecule has 226 valence electrons. The molecule has 5 rings (SSSR count). The van der Waals surface area contributed by atoms with Gasteiger partial charge in [0.2, 0.25) is 4.90 Å². The summed E-state index contributed by atoms with van der Waals surface area (Å²) in [6.45, 7) is 14.1. The molecule has 1 atom stereocenters. The van der Waals surface area contributed by atoms with Crippen LogP contribution in [0.1, 0.15) is 26.3 Å². The Bertz CT molecular complexity index is 1360. The number of piperazine rings is 1. The highest BCUT2D eigenvalue weighted by molar-refractivity contribution is 7.92. The Kier molecular flexibility index (Phi) is 9.54. The van der Waals surface area contributed by atoms with Gasteiger partial charge in [-0.25, -0.2) is 9.37 Å². The van der Waals surface area contributed by atoms with Crippen molar-refractivity contribution in [3.63, 3.8) is 0 Å². The van der Waals surface area contributed by atoms with E-state index in [1.807, 2.05) is 12.1 Å². The predicted octanol–water partition coefficient (Wildman–Crippen LogP) is 4.20. The number of morpholine rings is 1. The molecule has 0 saturated carbocycles. The molecule has 0 bridgehead atoms. The van der Waals surface area contributed by atoms with Crippen molar-refractivity contribution in [3.8, 4) is 17.1 Å². The average molecular weight is 597 g/mol. The molecule has 0 radical (unpaired) electrons. The van der Waals surface area contributed by atoms with Crippen molar-refractivity contribution in [2.24, 2.45) is 0 Å². The summed E-state index contributed by atoms with van der Waals surface area (Å²) in [4.78, 5) is 16.3. The van der Waals surface area contributed by atoms with Crippen molar-refractivity contribution in [3.05, 3.63) is 60.2 Å². The number of pyridine rings is 2. The zero-order valence-corrected chi connectivity index (χ0v) is 26.0. The Morgan fingerprint density at radius 3 is 2.43 bits per heavy atom. The van der Waals surface area contributed by atoms with Crippen molar-refractivity contribution in [2.45, 2.75) is 37.8 Å². The van der Waals surface area contributed by atoms with E-state index in [1.54, 1.807) is 48.0 Å². The first-order chi connectivity index (χ1) is 20.1. The van der Waals surface area contributed by atoms with Crippen LogP contribution in [0.2, 0.25) is 0 Å². The molecule has 0 N–H and O–H groups in total. The van der Waals surface area contributed by atoms with E-state index in [1.165, 1.54) is 7.11 Å². The fourth-order valence-corrected chi connectivity index (χ4v) is 6.51. The number of halogens is 1. The maximum absolute atomic E-state index is 15.4. The van der Waals surface area contributed by atoms with E-state index in [-0.39, 0.29) is 11.4 Å². The van der Waals surface area contributed by atoms with Crippen LogP contribution in [0.3, 0.4) is 0 Å². The maximum Gasteiger partial charge on any atom is 0.273 e. The highest BCUT2D eigenvalue weighted by Crippen LogP contribution is 2.33. The van der Waals surface area contributed by atoms with Crippen LogP contribution < -0.4 is 13.9 Å². The highest BCUT2D eigenvalue weighted by Gasteiger charge is 2.28. The largest absolute Gasteiger partial charge is 0.588 e. The Labute approximate surface area is 251 Å². The number of hydrogen-bond donors (Lipinski definition) is 0. The van der Waals surface area contributed by atoms with Crippen LogP contribution in [0.25, 0.3) is 11.3 Å². The summed E-state index contributed by atoms with van der Waals surface area (Å²) in [7, 11) is 3.25. The lowest BCUT2D eigenvalue weighted by Gasteiger charge is -2.42.